The first kappa shape index (κ1) is 13.3. The Morgan fingerprint density at radius 3 is 2.69 bits per heavy atom. The Kier molecular flexibility index (Phi) is 5.06. The van der Waals surface area contributed by atoms with Crippen LogP contribution in [0.1, 0.15) is 24.2 Å². The molecule has 0 heterocycles. The molecule has 2 N–H and O–H groups in total. The van der Waals surface area contributed by atoms with Crippen molar-refractivity contribution in [3.05, 3.63) is 28.3 Å². The van der Waals surface area contributed by atoms with E-state index in [0.29, 0.717) is 13.2 Å². The van der Waals surface area contributed by atoms with Gasteiger partial charge in [-0.2, -0.15) is 0 Å². The molecule has 16 heavy (non-hydrogen) atoms. The van der Waals surface area contributed by atoms with E-state index >= 15 is 0 Å². The predicted octanol–water partition coefficient (Wildman–Crippen LogP) is 2.69. The summed E-state index contributed by atoms with van der Waals surface area (Å²) in [7, 11) is 1.64. The minimum atomic E-state index is -0.0726. The Balaban J connectivity index is 2.96. The van der Waals surface area contributed by atoms with Gasteiger partial charge < -0.3 is 15.2 Å². The molecule has 0 spiro atoms. The van der Waals surface area contributed by atoms with Gasteiger partial charge in [-0.1, -0.05) is 11.6 Å². The summed E-state index contributed by atoms with van der Waals surface area (Å²) < 4.78 is 10.9. The van der Waals surface area contributed by atoms with Crippen molar-refractivity contribution in [1.82, 2.24) is 0 Å². The first-order chi connectivity index (χ1) is 7.60. The number of hydrogen-bond donors (Lipinski definition) is 1. The first-order valence-electron chi connectivity index (χ1n) is 5.25. The van der Waals surface area contributed by atoms with E-state index in [1.165, 1.54) is 0 Å². The molecule has 4 heteroatoms. The third kappa shape index (κ3) is 3.11. The summed E-state index contributed by atoms with van der Waals surface area (Å²) in [6.07, 6.45) is -0.0726. The van der Waals surface area contributed by atoms with Gasteiger partial charge in [0.25, 0.3) is 0 Å². The van der Waals surface area contributed by atoms with Gasteiger partial charge in [0.2, 0.25) is 0 Å². The molecular weight excluding hydrogens is 226 g/mol. The highest BCUT2D eigenvalue weighted by molar-refractivity contribution is 6.31. The molecule has 1 atom stereocenters. The van der Waals surface area contributed by atoms with E-state index in [2.05, 4.69) is 0 Å². The van der Waals surface area contributed by atoms with Crippen LogP contribution in [0.2, 0.25) is 5.02 Å². The zero-order valence-electron chi connectivity index (χ0n) is 9.92. The summed E-state index contributed by atoms with van der Waals surface area (Å²) >= 11 is 6.09. The molecule has 0 fully saturated rings. The fourth-order valence-electron chi connectivity index (χ4n) is 1.50. The maximum absolute atomic E-state index is 6.09. The van der Waals surface area contributed by atoms with E-state index < -0.39 is 0 Å². The number of nitrogens with two attached hydrogens (primary N) is 1. The lowest BCUT2D eigenvalue weighted by molar-refractivity contribution is 0.0700. The second kappa shape index (κ2) is 6.09. The van der Waals surface area contributed by atoms with Crippen molar-refractivity contribution in [3.8, 4) is 5.75 Å². The zero-order chi connectivity index (χ0) is 12.1. The molecule has 0 aliphatic rings. The minimum Gasteiger partial charge on any atom is -0.496 e. The van der Waals surface area contributed by atoms with Crippen molar-refractivity contribution in [2.75, 3.05) is 20.3 Å². The van der Waals surface area contributed by atoms with Gasteiger partial charge in [0.05, 0.1) is 19.8 Å². The van der Waals surface area contributed by atoms with E-state index in [1.54, 1.807) is 7.11 Å². The molecule has 0 aliphatic carbocycles. The van der Waals surface area contributed by atoms with E-state index in [4.69, 9.17) is 26.8 Å². The van der Waals surface area contributed by atoms with Crippen LogP contribution in [-0.4, -0.2) is 20.3 Å². The molecule has 0 aliphatic heterocycles. The second-order valence-electron chi connectivity index (χ2n) is 3.65. The highest BCUT2D eigenvalue weighted by atomic mass is 35.5. The van der Waals surface area contributed by atoms with Crippen molar-refractivity contribution in [3.63, 3.8) is 0 Å². The third-order valence-electron chi connectivity index (χ3n) is 2.43. The predicted molar refractivity (Wildman–Crippen MR) is 66.2 cm³/mol. The van der Waals surface area contributed by atoms with Crippen molar-refractivity contribution in [1.29, 1.82) is 0 Å². The summed E-state index contributed by atoms with van der Waals surface area (Å²) in [6, 6.07) is 3.80. The van der Waals surface area contributed by atoms with E-state index in [1.807, 2.05) is 26.0 Å². The summed E-state index contributed by atoms with van der Waals surface area (Å²) in [6.45, 7) is 4.93. The van der Waals surface area contributed by atoms with Crippen molar-refractivity contribution < 1.29 is 9.47 Å². The third-order valence-corrected chi connectivity index (χ3v) is 2.84. The van der Waals surface area contributed by atoms with Crippen LogP contribution in [0.15, 0.2) is 12.1 Å². The molecule has 1 aromatic carbocycles. The number of rotatable bonds is 5. The van der Waals surface area contributed by atoms with Gasteiger partial charge >= 0.3 is 0 Å². The minimum absolute atomic E-state index is 0.0726. The molecule has 0 aromatic heterocycles. The fraction of sp³-hybridized carbons (Fsp3) is 0.500. The van der Waals surface area contributed by atoms with Crippen LogP contribution in [0.4, 0.5) is 0 Å². The lowest BCUT2D eigenvalue weighted by Crippen LogP contribution is -2.11. The van der Waals surface area contributed by atoms with Crippen LogP contribution < -0.4 is 10.5 Å². The number of methoxy groups -OCH3 is 1. The number of hydrogen-bond acceptors (Lipinski definition) is 3. The smallest absolute Gasteiger partial charge is 0.125 e. The number of benzene rings is 1. The van der Waals surface area contributed by atoms with Crippen LogP contribution >= 0.6 is 11.6 Å². The fourth-order valence-corrected chi connectivity index (χ4v) is 1.67. The van der Waals surface area contributed by atoms with Crippen molar-refractivity contribution >= 4 is 11.6 Å². The summed E-state index contributed by atoms with van der Waals surface area (Å²) in [5.74, 6) is 0.798. The highest BCUT2D eigenvalue weighted by Gasteiger charge is 2.13. The van der Waals surface area contributed by atoms with Crippen LogP contribution in [0.5, 0.6) is 5.75 Å². The number of ether oxygens (including phenoxy) is 2. The molecule has 1 rings (SSSR count). The van der Waals surface area contributed by atoms with Crippen molar-refractivity contribution in [2.45, 2.75) is 20.0 Å². The van der Waals surface area contributed by atoms with E-state index in [0.717, 1.165) is 21.9 Å². The highest BCUT2D eigenvalue weighted by Crippen LogP contribution is 2.32. The Morgan fingerprint density at radius 2 is 2.12 bits per heavy atom. The average molecular weight is 244 g/mol. The Bertz CT molecular complexity index is 355. The maximum Gasteiger partial charge on any atom is 0.125 e. The van der Waals surface area contributed by atoms with E-state index in [9.17, 15) is 0 Å². The molecule has 0 radical (unpaired) electrons. The summed E-state index contributed by atoms with van der Waals surface area (Å²) in [4.78, 5) is 0. The molecule has 3 nitrogen and oxygen atoms in total. The maximum atomic E-state index is 6.09. The largest absolute Gasteiger partial charge is 0.496 e. The molecule has 0 saturated carbocycles. The van der Waals surface area contributed by atoms with Crippen LogP contribution in [0, 0.1) is 6.92 Å². The van der Waals surface area contributed by atoms with Gasteiger partial charge in [-0.25, -0.2) is 0 Å². The molecule has 90 valence electrons. The van der Waals surface area contributed by atoms with Gasteiger partial charge in [-0.3, -0.25) is 0 Å². The number of aryl methyl sites for hydroxylation is 1. The Morgan fingerprint density at radius 1 is 1.44 bits per heavy atom. The molecule has 0 bridgehead atoms. The molecule has 0 saturated heterocycles. The lowest BCUT2D eigenvalue weighted by Gasteiger charge is -2.17. The topological polar surface area (TPSA) is 44.5 Å². The Hall–Kier alpha value is -0.770. The molecule has 0 amide bonds. The Labute approximate surface area is 101 Å². The van der Waals surface area contributed by atoms with E-state index in [-0.39, 0.29) is 6.10 Å². The van der Waals surface area contributed by atoms with Gasteiger partial charge in [-0.05, 0) is 31.5 Å². The lowest BCUT2D eigenvalue weighted by atomic mass is 10.1. The van der Waals surface area contributed by atoms with Crippen molar-refractivity contribution in [2.24, 2.45) is 5.73 Å². The first-order valence-corrected chi connectivity index (χ1v) is 5.63. The normalized spacial score (nSPS) is 12.6. The zero-order valence-corrected chi connectivity index (χ0v) is 10.7. The monoisotopic (exact) mass is 243 g/mol. The standard InChI is InChI=1S/C12H18ClNO2/c1-8-6-12(15-3)10(7-11(8)13)9(2)16-5-4-14/h6-7,9H,4-5,14H2,1-3H3. The number of halogens is 1. The summed E-state index contributed by atoms with van der Waals surface area (Å²) in [5, 5.41) is 0.721. The SMILES string of the molecule is COc1cc(C)c(Cl)cc1C(C)OCCN. The molecular formula is C12H18ClNO2. The van der Waals surface area contributed by atoms with Gasteiger partial charge in [0, 0.05) is 17.1 Å². The van der Waals surface area contributed by atoms with Gasteiger partial charge in [0.15, 0.2) is 0 Å². The van der Waals surface area contributed by atoms with Crippen LogP contribution in [0.25, 0.3) is 0 Å². The average Bonchev–Trinajstić information content (AvgIpc) is 2.28. The van der Waals surface area contributed by atoms with Gasteiger partial charge in [0.1, 0.15) is 5.75 Å². The second-order valence-corrected chi connectivity index (χ2v) is 4.05. The van der Waals surface area contributed by atoms with Crippen LogP contribution in [0.3, 0.4) is 0 Å². The molecule has 1 unspecified atom stereocenters. The van der Waals surface area contributed by atoms with Crippen LogP contribution in [-0.2, 0) is 4.74 Å². The quantitative estimate of drug-likeness (QED) is 0.865. The molecule has 1 aromatic rings. The summed E-state index contributed by atoms with van der Waals surface area (Å²) in [5.41, 5.74) is 7.34. The van der Waals surface area contributed by atoms with Gasteiger partial charge in [-0.15, -0.1) is 0 Å².